The molecule has 1 heterocycles. The maximum absolute atomic E-state index is 13.3. The molecule has 0 radical (unpaired) electrons. The quantitative estimate of drug-likeness (QED) is 0.449. The number of hydrogen-bond acceptors (Lipinski definition) is 4. The van der Waals surface area contributed by atoms with E-state index in [0.29, 0.717) is 29.1 Å². The molecule has 0 unspecified atom stereocenters. The first-order valence-electron chi connectivity index (χ1n) is 9.53. The summed E-state index contributed by atoms with van der Waals surface area (Å²) in [5, 5.41) is 1.16. The number of fused-ring (bicyclic) bond motifs is 1. The van der Waals surface area contributed by atoms with Gasteiger partial charge < -0.3 is 4.90 Å². The van der Waals surface area contributed by atoms with E-state index >= 15 is 0 Å². The first-order chi connectivity index (χ1) is 13.6. The van der Waals surface area contributed by atoms with Crippen LogP contribution in [0.2, 0.25) is 0 Å². The van der Waals surface area contributed by atoms with Crippen LogP contribution in [0, 0.1) is 0 Å². The summed E-state index contributed by atoms with van der Waals surface area (Å²) in [5.41, 5.74) is 1.60. The fourth-order valence-electron chi connectivity index (χ4n) is 3.24. The molecule has 0 fully saturated rings. The van der Waals surface area contributed by atoms with Crippen LogP contribution in [0.25, 0.3) is 10.9 Å². The molecule has 0 spiro atoms. The molecule has 0 aliphatic carbocycles. The Hall–Kier alpha value is -2.60. The van der Waals surface area contributed by atoms with Gasteiger partial charge in [-0.1, -0.05) is 54.2 Å². The highest BCUT2D eigenvalue weighted by Gasteiger charge is 2.19. The summed E-state index contributed by atoms with van der Waals surface area (Å²) in [6.45, 7) is 7.27. The average molecular weight is 396 g/mol. The van der Waals surface area contributed by atoms with Gasteiger partial charge in [0.05, 0.1) is 22.7 Å². The minimum absolute atomic E-state index is 0.0521. The minimum Gasteiger partial charge on any atom is -0.343 e. The van der Waals surface area contributed by atoms with Crippen molar-refractivity contribution in [2.24, 2.45) is 0 Å². The predicted octanol–water partition coefficient (Wildman–Crippen LogP) is 3.97. The Kier molecular flexibility index (Phi) is 6.52. The van der Waals surface area contributed by atoms with Crippen LogP contribution in [0.5, 0.6) is 0 Å². The fourth-order valence-corrected chi connectivity index (χ4v) is 4.22. The van der Waals surface area contributed by atoms with Gasteiger partial charge in [0.2, 0.25) is 5.91 Å². The van der Waals surface area contributed by atoms with Crippen LogP contribution in [0.1, 0.15) is 32.4 Å². The number of para-hydroxylation sites is 1. The van der Waals surface area contributed by atoms with Crippen LogP contribution in [0.3, 0.4) is 0 Å². The van der Waals surface area contributed by atoms with Crippen LogP contribution in [-0.2, 0) is 4.79 Å². The molecule has 28 heavy (non-hydrogen) atoms. The topological polar surface area (TPSA) is 55.2 Å². The van der Waals surface area contributed by atoms with Gasteiger partial charge in [0.1, 0.15) is 0 Å². The van der Waals surface area contributed by atoms with Crippen molar-refractivity contribution in [2.75, 3.05) is 18.8 Å². The third kappa shape index (κ3) is 4.12. The second-order valence-electron chi connectivity index (χ2n) is 6.53. The van der Waals surface area contributed by atoms with Crippen LogP contribution < -0.4 is 5.56 Å². The van der Waals surface area contributed by atoms with E-state index < -0.39 is 0 Å². The van der Waals surface area contributed by atoms with Gasteiger partial charge in [-0.25, -0.2) is 4.98 Å². The van der Waals surface area contributed by atoms with E-state index in [0.717, 1.165) is 5.56 Å². The molecule has 2 aromatic carbocycles. The molecule has 0 bridgehead atoms. The first-order valence-corrected chi connectivity index (χ1v) is 10.5. The monoisotopic (exact) mass is 395 g/mol. The molecule has 0 aliphatic heterocycles. The summed E-state index contributed by atoms with van der Waals surface area (Å²) in [7, 11) is 0. The van der Waals surface area contributed by atoms with Crippen LogP contribution in [-0.4, -0.2) is 39.2 Å². The maximum atomic E-state index is 13.3. The van der Waals surface area contributed by atoms with Crippen molar-refractivity contribution >= 4 is 28.6 Å². The standard InChI is InChI=1S/C22H25N3O2S/c1-4-24(5-2)20(26)15-28-22-23-19-14-10-9-13-18(19)21(27)25(22)16(3)17-11-7-6-8-12-17/h6-14,16H,4-5,15H2,1-3H3/t16-/m1/s1. The van der Waals surface area contributed by atoms with Crippen molar-refractivity contribution in [1.82, 2.24) is 14.5 Å². The summed E-state index contributed by atoms with van der Waals surface area (Å²) >= 11 is 1.33. The number of amides is 1. The Morgan fingerprint density at radius 3 is 2.39 bits per heavy atom. The van der Waals surface area contributed by atoms with Crippen molar-refractivity contribution in [3.63, 3.8) is 0 Å². The third-order valence-corrected chi connectivity index (χ3v) is 5.82. The highest BCUT2D eigenvalue weighted by atomic mass is 32.2. The van der Waals surface area contributed by atoms with E-state index in [9.17, 15) is 9.59 Å². The van der Waals surface area contributed by atoms with E-state index in [1.165, 1.54) is 11.8 Å². The lowest BCUT2D eigenvalue weighted by Gasteiger charge is -2.21. The fraction of sp³-hybridized carbons (Fsp3) is 0.318. The van der Waals surface area contributed by atoms with Crippen LogP contribution in [0.4, 0.5) is 0 Å². The molecule has 146 valence electrons. The maximum Gasteiger partial charge on any atom is 0.262 e. The molecule has 3 rings (SSSR count). The van der Waals surface area contributed by atoms with E-state index in [1.54, 1.807) is 15.5 Å². The highest BCUT2D eigenvalue weighted by Crippen LogP contribution is 2.25. The summed E-state index contributed by atoms with van der Waals surface area (Å²) in [5.74, 6) is 0.310. The van der Waals surface area contributed by atoms with Crippen LogP contribution >= 0.6 is 11.8 Å². The molecule has 5 nitrogen and oxygen atoms in total. The normalized spacial score (nSPS) is 12.1. The number of benzene rings is 2. The zero-order valence-electron chi connectivity index (χ0n) is 16.5. The van der Waals surface area contributed by atoms with Crippen molar-refractivity contribution < 1.29 is 4.79 Å². The summed E-state index contributed by atoms with van der Waals surface area (Å²) < 4.78 is 1.71. The molecule has 6 heteroatoms. The molecule has 0 saturated carbocycles. The van der Waals surface area contributed by atoms with E-state index in [4.69, 9.17) is 4.98 Å². The third-order valence-electron chi connectivity index (χ3n) is 4.89. The Morgan fingerprint density at radius 2 is 1.71 bits per heavy atom. The number of rotatable bonds is 7. The Bertz CT molecular complexity index is 1010. The number of nitrogens with zero attached hydrogens (tertiary/aromatic N) is 3. The minimum atomic E-state index is -0.183. The number of thioether (sulfide) groups is 1. The number of carbonyl (C=O) groups is 1. The molecular formula is C22H25N3O2S. The van der Waals surface area contributed by atoms with Crippen molar-refractivity contribution in [1.29, 1.82) is 0 Å². The predicted molar refractivity (Wildman–Crippen MR) is 115 cm³/mol. The second kappa shape index (κ2) is 9.06. The molecule has 1 atom stereocenters. The van der Waals surface area contributed by atoms with E-state index in [2.05, 4.69) is 0 Å². The second-order valence-corrected chi connectivity index (χ2v) is 7.47. The average Bonchev–Trinajstić information content (AvgIpc) is 2.73. The van der Waals surface area contributed by atoms with Gasteiger partial charge in [-0.3, -0.25) is 14.2 Å². The Labute approximate surface area is 169 Å². The zero-order valence-corrected chi connectivity index (χ0v) is 17.3. The molecule has 0 N–H and O–H groups in total. The van der Waals surface area contributed by atoms with E-state index in [1.807, 2.05) is 69.3 Å². The lowest BCUT2D eigenvalue weighted by atomic mass is 10.1. The van der Waals surface area contributed by atoms with E-state index in [-0.39, 0.29) is 23.3 Å². The molecule has 3 aromatic rings. The van der Waals surface area contributed by atoms with Gasteiger partial charge in [0, 0.05) is 13.1 Å². The molecule has 1 amide bonds. The van der Waals surface area contributed by atoms with Gasteiger partial charge in [-0.2, -0.15) is 0 Å². The lowest BCUT2D eigenvalue weighted by molar-refractivity contribution is -0.127. The Morgan fingerprint density at radius 1 is 1.07 bits per heavy atom. The molecule has 0 aliphatic rings. The number of hydrogen-bond donors (Lipinski definition) is 0. The van der Waals surface area contributed by atoms with Gasteiger partial charge in [-0.05, 0) is 38.5 Å². The number of carbonyl (C=O) groups excluding carboxylic acids is 1. The van der Waals surface area contributed by atoms with Gasteiger partial charge in [0.15, 0.2) is 5.16 Å². The zero-order chi connectivity index (χ0) is 20.1. The Balaban J connectivity index is 2.04. The summed E-state index contributed by atoms with van der Waals surface area (Å²) in [6, 6.07) is 17.1. The lowest BCUT2D eigenvalue weighted by Crippen LogP contribution is -2.32. The van der Waals surface area contributed by atoms with Crippen LogP contribution in [0.15, 0.2) is 64.5 Å². The summed E-state index contributed by atoms with van der Waals surface area (Å²) in [4.78, 5) is 32.2. The first kappa shape index (κ1) is 20.1. The van der Waals surface area contributed by atoms with Gasteiger partial charge >= 0.3 is 0 Å². The van der Waals surface area contributed by atoms with Crippen molar-refractivity contribution in [3.8, 4) is 0 Å². The summed E-state index contributed by atoms with van der Waals surface area (Å²) in [6.07, 6.45) is 0. The highest BCUT2D eigenvalue weighted by molar-refractivity contribution is 7.99. The number of aromatic nitrogens is 2. The van der Waals surface area contributed by atoms with Gasteiger partial charge in [0.25, 0.3) is 5.56 Å². The molecule has 1 aromatic heterocycles. The molecule has 0 saturated heterocycles. The molecular weight excluding hydrogens is 370 g/mol. The van der Waals surface area contributed by atoms with Gasteiger partial charge in [-0.15, -0.1) is 0 Å². The van der Waals surface area contributed by atoms with Crippen molar-refractivity contribution in [2.45, 2.75) is 32.0 Å². The van der Waals surface area contributed by atoms with Crippen molar-refractivity contribution in [3.05, 3.63) is 70.5 Å². The SMILES string of the molecule is CCN(CC)C(=O)CSc1nc2ccccc2c(=O)n1[C@H](C)c1ccccc1. The smallest absolute Gasteiger partial charge is 0.262 e. The largest absolute Gasteiger partial charge is 0.343 e.